The Bertz CT molecular complexity index is 1080. The van der Waals surface area contributed by atoms with Gasteiger partial charge in [0.2, 0.25) is 5.28 Å². The summed E-state index contributed by atoms with van der Waals surface area (Å²) in [5.74, 6) is 0.827. The molecule has 0 radical (unpaired) electrons. The van der Waals surface area contributed by atoms with E-state index < -0.39 is 5.60 Å². The molecule has 1 amide bonds. The molecule has 9 heteroatoms. The molecule has 3 heterocycles. The second-order valence-corrected chi connectivity index (χ2v) is 10.5. The lowest BCUT2D eigenvalue weighted by molar-refractivity contribution is 0.0145. The van der Waals surface area contributed by atoms with Crippen LogP contribution >= 0.6 is 11.6 Å². The van der Waals surface area contributed by atoms with Gasteiger partial charge in [-0.25, -0.2) is 14.8 Å². The van der Waals surface area contributed by atoms with Crippen molar-refractivity contribution in [2.75, 3.05) is 37.6 Å². The zero-order valence-corrected chi connectivity index (χ0v) is 21.5. The zero-order chi connectivity index (χ0) is 25.0. The molecule has 0 spiro atoms. The number of aromatic nitrogens is 2. The molecule has 8 nitrogen and oxygen atoms in total. The Balaban J connectivity index is 1.52. The number of ether oxygens (including phenoxy) is 1. The Morgan fingerprint density at radius 3 is 2.60 bits per heavy atom. The fraction of sp³-hybridized carbons (Fsp3) is 0.538. The van der Waals surface area contributed by atoms with Gasteiger partial charge in [-0.05, 0) is 44.4 Å². The molecule has 0 saturated carbocycles. The van der Waals surface area contributed by atoms with E-state index in [4.69, 9.17) is 16.3 Å². The van der Waals surface area contributed by atoms with Gasteiger partial charge < -0.3 is 14.5 Å². The van der Waals surface area contributed by atoms with E-state index in [0.29, 0.717) is 19.6 Å². The van der Waals surface area contributed by atoms with E-state index in [1.54, 1.807) is 4.90 Å². The fourth-order valence-electron chi connectivity index (χ4n) is 4.75. The molecule has 1 aromatic carbocycles. The summed E-state index contributed by atoms with van der Waals surface area (Å²) in [7, 11) is 0. The quantitative estimate of drug-likeness (QED) is 0.590. The van der Waals surface area contributed by atoms with Crippen LogP contribution in [0.4, 0.5) is 10.6 Å². The summed E-state index contributed by atoms with van der Waals surface area (Å²) in [5, 5.41) is 9.67. The Labute approximate surface area is 212 Å². The number of amides is 1. The zero-order valence-electron chi connectivity index (χ0n) is 20.7. The SMILES string of the molecule is CC(C)(C)OC(=O)N1CCN(c2nc(Cl)nc3c2CCN(Cc2ccccc2)CC3)C[C@@H]1CC#N. The van der Waals surface area contributed by atoms with Gasteiger partial charge in [0.25, 0.3) is 0 Å². The minimum atomic E-state index is -0.589. The van der Waals surface area contributed by atoms with E-state index in [2.05, 4.69) is 50.1 Å². The highest BCUT2D eigenvalue weighted by Crippen LogP contribution is 2.29. The van der Waals surface area contributed by atoms with Crippen molar-refractivity contribution in [1.82, 2.24) is 19.8 Å². The van der Waals surface area contributed by atoms with E-state index >= 15 is 0 Å². The number of hydrogen-bond acceptors (Lipinski definition) is 7. The molecule has 1 aromatic heterocycles. The van der Waals surface area contributed by atoms with Crippen LogP contribution in [0.3, 0.4) is 0 Å². The molecule has 0 aliphatic carbocycles. The highest BCUT2D eigenvalue weighted by Gasteiger charge is 2.35. The number of nitriles is 1. The van der Waals surface area contributed by atoms with Crippen molar-refractivity contribution in [3.05, 3.63) is 52.4 Å². The number of nitrogens with zero attached hydrogens (tertiary/aromatic N) is 6. The largest absolute Gasteiger partial charge is 0.444 e. The second kappa shape index (κ2) is 10.8. The Morgan fingerprint density at radius 1 is 1.14 bits per heavy atom. The number of piperazine rings is 1. The van der Waals surface area contributed by atoms with Gasteiger partial charge in [-0.15, -0.1) is 0 Å². The fourth-order valence-corrected chi connectivity index (χ4v) is 4.93. The molecule has 0 bridgehead atoms. The summed E-state index contributed by atoms with van der Waals surface area (Å²) < 4.78 is 5.59. The Hall–Kier alpha value is -2.89. The summed E-state index contributed by atoms with van der Waals surface area (Å²) in [6.45, 7) is 9.79. The van der Waals surface area contributed by atoms with E-state index in [0.717, 1.165) is 49.6 Å². The third-order valence-electron chi connectivity index (χ3n) is 6.37. The summed E-state index contributed by atoms with van der Waals surface area (Å²) in [5.41, 5.74) is 2.81. The van der Waals surface area contributed by atoms with Crippen molar-refractivity contribution in [3.63, 3.8) is 0 Å². The summed E-state index contributed by atoms with van der Waals surface area (Å²) >= 11 is 6.37. The Kier molecular flexibility index (Phi) is 7.78. The van der Waals surface area contributed by atoms with Crippen LogP contribution in [0.5, 0.6) is 0 Å². The molecule has 2 aliphatic rings. The van der Waals surface area contributed by atoms with Crippen LogP contribution in [0, 0.1) is 11.3 Å². The number of anilines is 1. The highest BCUT2D eigenvalue weighted by atomic mass is 35.5. The topological polar surface area (TPSA) is 85.6 Å². The van der Waals surface area contributed by atoms with Crippen LogP contribution in [0.2, 0.25) is 5.28 Å². The molecule has 1 atom stereocenters. The van der Waals surface area contributed by atoms with Crippen molar-refractivity contribution < 1.29 is 9.53 Å². The third kappa shape index (κ3) is 6.41. The molecule has 1 fully saturated rings. The van der Waals surface area contributed by atoms with Gasteiger partial charge in [0, 0.05) is 51.3 Å². The standard InChI is InChI=1S/C26H33ClN6O2/c1-26(2,3)35-25(34)33-16-15-32(18-20(33)9-12-28)23-21-10-13-31(17-19-7-5-4-6-8-19)14-11-22(21)29-24(27)30-23/h4-8,20H,9-11,13-18H2,1-3H3/t20-/m0/s1. The first-order valence-electron chi connectivity index (χ1n) is 12.2. The first kappa shape index (κ1) is 25.2. The average Bonchev–Trinajstić information content (AvgIpc) is 3.00. The lowest BCUT2D eigenvalue weighted by Crippen LogP contribution is -2.56. The van der Waals surface area contributed by atoms with Gasteiger partial charge in [0.1, 0.15) is 11.4 Å². The van der Waals surface area contributed by atoms with Crippen molar-refractivity contribution in [1.29, 1.82) is 5.26 Å². The predicted octanol–water partition coefficient (Wildman–Crippen LogP) is 4.07. The third-order valence-corrected chi connectivity index (χ3v) is 6.54. The van der Waals surface area contributed by atoms with Crippen LogP contribution in [-0.4, -0.2) is 70.2 Å². The smallest absolute Gasteiger partial charge is 0.410 e. The molecule has 0 N–H and O–H groups in total. The van der Waals surface area contributed by atoms with Gasteiger partial charge in [-0.3, -0.25) is 4.90 Å². The molecule has 35 heavy (non-hydrogen) atoms. The first-order chi connectivity index (χ1) is 16.7. The second-order valence-electron chi connectivity index (χ2n) is 10.1. The van der Waals surface area contributed by atoms with E-state index in [1.165, 1.54) is 5.56 Å². The van der Waals surface area contributed by atoms with Crippen molar-refractivity contribution in [2.24, 2.45) is 0 Å². The van der Waals surface area contributed by atoms with Crippen LogP contribution in [0.25, 0.3) is 0 Å². The molecular formula is C26H33ClN6O2. The monoisotopic (exact) mass is 496 g/mol. The van der Waals surface area contributed by atoms with Crippen LogP contribution in [0.1, 0.15) is 44.0 Å². The number of rotatable bonds is 4. The van der Waals surface area contributed by atoms with E-state index in [-0.39, 0.29) is 23.8 Å². The average molecular weight is 497 g/mol. The van der Waals surface area contributed by atoms with Crippen molar-refractivity contribution in [3.8, 4) is 6.07 Å². The molecule has 2 aromatic rings. The first-order valence-corrected chi connectivity index (χ1v) is 12.5. The van der Waals surface area contributed by atoms with Gasteiger partial charge in [-0.1, -0.05) is 30.3 Å². The Morgan fingerprint density at radius 2 is 1.89 bits per heavy atom. The summed E-state index contributed by atoms with van der Waals surface area (Å²) in [4.78, 5) is 28.3. The van der Waals surface area contributed by atoms with Gasteiger partial charge in [0.05, 0.1) is 24.2 Å². The van der Waals surface area contributed by atoms with Crippen molar-refractivity contribution in [2.45, 2.75) is 58.2 Å². The highest BCUT2D eigenvalue weighted by molar-refractivity contribution is 6.28. The summed E-state index contributed by atoms with van der Waals surface area (Å²) in [6, 6.07) is 12.4. The van der Waals surface area contributed by atoms with Crippen LogP contribution in [0.15, 0.2) is 30.3 Å². The molecule has 1 saturated heterocycles. The van der Waals surface area contributed by atoms with E-state index in [1.807, 2.05) is 26.8 Å². The van der Waals surface area contributed by atoms with Crippen LogP contribution in [-0.2, 0) is 24.1 Å². The lowest BCUT2D eigenvalue weighted by Gasteiger charge is -2.42. The maximum atomic E-state index is 12.8. The molecule has 0 unspecified atom stereocenters. The number of halogens is 1. The number of benzene rings is 1. The number of fused-ring (bicyclic) bond motifs is 1. The molecular weight excluding hydrogens is 464 g/mol. The number of carbonyl (C=O) groups excluding carboxylic acids is 1. The number of hydrogen-bond donors (Lipinski definition) is 0. The van der Waals surface area contributed by atoms with Gasteiger partial charge in [0.15, 0.2) is 0 Å². The van der Waals surface area contributed by atoms with Crippen LogP contribution < -0.4 is 4.90 Å². The van der Waals surface area contributed by atoms with Crippen molar-refractivity contribution >= 4 is 23.5 Å². The molecule has 4 rings (SSSR count). The molecule has 186 valence electrons. The lowest BCUT2D eigenvalue weighted by atomic mass is 10.1. The summed E-state index contributed by atoms with van der Waals surface area (Å²) in [6.07, 6.45) is 1.47. The van der Waals surface area contributed by atoms with Gasteiger partial charge >= 0.3 is 6.09 Å². The number of carbonyl (C=O) groups is 1. The van der Waals surface area contributed by atoms with Gasteiger partial charge in [-0.2, -0.15) is 5.26 Å². The van der Waals surface area contributed by atoms with E-state index in [9.17, 15) is 10.1 Å². The predicted molar refractivity (Wildman–Crippen MR) is 135 cm³/mol. The maximum absolute atomic E-state index is 12.8. The minimum Gasteiger partial charge on any atom is -0.444 e. The minimum absolute atomic E-state index is 0.224. The maximum Gasteiger partial charge on any atom is 0.410 e. The molecule has 2 aliphatic heterocycles. The normalized spacial score (nSPS) is 19.0.